The maximum absolute atomic E-state index is 13.3. The van der Waals surface area contributed by atoms with Gasteiger partial charge in [-0.1, -0.05) is 13.8 Å². The van der Waals surface area contributed by atoms with Gasteiger partial charge in [0.25, 0.3) is 5.91 Å². The number of carbonyl (C=O) groups is 3. The van der Waals surface area contributed by atoms with Gasteiger partial charge >= 0.3 is 0 Å². The zero-order chi connectivity index (χ0) is 23.8. The van der Waals surface area contributed by atoms with Gasteiger partial charge in [0, 0.05) is 52.4 Å². The third kappa shape index (κ3) is 6.43. The lowest BCUT2D eigenvalue weighted by Gasteiger charge is -2.36. The Morgan fingerprint density at radius 2 is 1.94 bits per heavy atom. The minimum absolute atomic E-state index is 0.00626. The first kappa shape index (κ1) is 25.6. The molecular weight excluding hydrogens is 414 g/mol. The topological polar surface area (TPSA) is 97.4 Å². The Morgan fingerprint density at radius 3 is 2.56 bits per heavy atom. The molecule has 1 N–H and O–H groups in total. The van der Waals surface area contributed by atoms with Gasteiger partial charge in [0.15, 0.2) is 0 Å². The van der Waals surface area contributed by atoms with Crippen molar-refractivity contribution in [1.82, 2.24) is 9.80 Å². The quantitative estimate of drug-likeness (QED) is 0.739. The summed E-state index contributed by atoms with van der Waals surface area (Å²) in [7, 11) is 4.75. The first-order valence-corrected chi connectivity index (χ1v) is 10.8. The van der Waals surface area contributed by atoms with Gasteiger partial charge in [-0.25, -0.2) is 0 Å². The number of rotatable bonds is 5. The first-order valence-electron chi connectivity index (χ1n) is 10.8. The molecule has 1 heterocycles. The molecule has 0 saturated heterocycles. The molecule has 1 aromatic carbocycles. The molecule has 3 atom stereocenters. The second-order valence-electron chi connectivity index (χ2n) is 8.19. The minimum atomic E-state index is -0.321. The Bertz CT molecular complexity index is 815. The summed E-state index contributed by atoms with van der Waals surface area (Å²) < 4.78 is 16.5. The summed E-state index contributed by atoms with van der Waals surface area (Å²) in [5, 5.41) is 2.71. The molecule has 0 spiro atoms. The molecule has 0 aromatic heterocycles. The highest BCUT2D eigenvalue weighted by Crippen LogP contribution is 2.26. The number of hydrogen-bond acceptors (Lipinski definition) is 6. The van der Waals surface area contributed by atoms with Crippen LogP contribution in [0.4, 0.5) is 5.69 Å². The predicted molar refractivity (Wildman–Crippen MR) is 121 cm³/mol. The van der Waals surface area contributed by atoms with Crippen LogP contribution in [-0.4, -0.2) is 87.2 Å². The molecule has 0 bridgehead atoms. The van der Waals surface area contributed by atoms with Crippen LogP contribution in [0, 0.1) is 5.92 Å². The highest BCUT2D eigenvalue weighted by atomic mass is 16.5. The summed E-state index contributed by atoms with van der Waals surface area (Å²) >= 11 is 0. The molecule has 0 aliphatic carbocycles. The lowest BCUT2D eigenvalue weighted by molar-refractivity contribution is -0.135. The fourth-order valence-corrected chi connectivity index (χ4v) is 3.73. The largest absolute Gasteiger partial charge is 0.491 e. The molecule has 0 fully saturated rings. The summed E-state index contributed by atoms with van der Waals surface area (Å²) in [6.45, 7) is 6.78. The van der Waals surface area contributed by atoms with Gasteiger partial charge < -0.3 is 29.3 Å². The van der Waals surface area contributed by atoms with Crippen molar-refractivity contribution in [3.05, 3.63) is 23.8 Å². The van der Waals surface area contributed by atoms with Crippen LogP contribution in [0.15, 0.2) is 18.2 Å². The zero-order valence-electron chi connectivity index (χ0n) is 19.8. The Labute approximate surface area is 190 Å². The molecule has 1 aliphatic heterocycles. The van der Waals surface area contributed by atoms with Crippen LogP contribution in [0.1, 0.15) is 37.6 Å². The molecule has 9 nitrogen and oxygen atoms in total. The van der Waals surface area contributed by atoms with E-state index in [2.05, 4.69) is 5.32 Å². The maximum atomic E-state index is 13.3. The number of likely N-dealkylation sites (N-methyl/N-ethyl adjacent to an activating group) is 1. The fraction of sp³-hybridized carbons (Fsp3) is 0.609. The molecule has 2 rings (SSSR count). The summed E-state index contributed by atoms with van der Waals surface area (Å²) in [6.07, 6.45) is 0.144. The van der Waals surface area contributed by atoms with Crippen molar-refractivity contribution < 1.29 is 28.6 Å². The molecule has 0 saturated carbocycles. The van der Waals surface area contributed by atoms with Crippen LogP contribution in [0.25, 0.3) is 0 Å². The van der Waals surface area contributed by atoms with Crippen LogP contribution in [0.5, 0.6) is 5.75 Å². The number of carbonyl (C=O) groups excluding carboxylic acids is 3. The lowest BCUT2D eigenvalue weighted by Crippen LogP contribution is -2.48. The molecule has 0 unspecified atom stereocenters. The average Bonchev–Trinajstić information content (AvgIpc) is 2.77. The average molecular weight is 450 g/mol. The molecule has 32 heavy (non-hydrogen) atoms. The van der Waals surface area contributed by atoms with E-state index in [-0.39, 0.29) is 49.0 Å². The Morgan fingerprint density at radius 1 is 1.22 bits per heavy atom. The number of fused-ring (bicyclic) bond motifs is 1. The number of benzene rings is 1. The van der Waals surface area contributed by atoms with E-state index in [1.165, 1.54) is 7.11 Å². The number of nitrogens with zero attached hydrogens (tertiary/aromatic N) is 2. The standard InChI is InChI=1S/C23H35N3O6/c1-7-22(28)26-11-15(2)20(31-6)12-25(4)23(29)18-10-17(24-21(27)14-30-5)8-9-19(18)32-13-16(26)3/h8-10,15-16,20H,7,11-14H2,1-6H3,(H,24,27)/t15-,16+,20-/m1/s1. The molecule has 1 aromatic rings. The second-order valence-corrected chi connectivity index (χ2v) is 8.19. The van der Waals surface area contributed by atoms with Gasteiger partial charge in [-0.2, -0.15) is 0 Å². The van der Waals surface area contributed by atoms with Gasteiger partial charge in [-0.3, -0.25) is 14.4 Å². The highest BCUT2D eigenvalue weighted by Gasteiger charge is 2.30. The van der Waals surface area contributed by atoms with Crippen LogP contribution < -0.4 is 10.1 Å². The van der Waals surface area contributed by atoms with E-state index in [1.54, 1.807) is 37.3 Å². The van der Waals surface area contributed by atoms with E-state index >= 15 is 0 Å². The van der Waals surface area contributed by atoms with Gasteiger partial charge in [0.2, 0.25) is 11.8 Å². The van der Waals surface area contributed by atoms with Crippen LogP contribution in [0.3, 0.4) is 0 Å². The summed E-state index contributed by atoms with van der Waals surface area (Å²) in [6, 6.07) is 4.73. The van der Waals surface area contributed by atoms with Crippen molar-refractivity contribution in [1.29, 1.82) is 0 Å². The smallest absolute Gasteiger partial charge is 0.257 e. The highest BCUT2D eigenvalue weighted by molar-refractivity contribution is 5.99. The molecule has 178 valence electrons. The van der Waals surface area contributed by atoms with E-state index in [0.29, 0.717) is 36.5 Å². The number of methoxy groups -OCH3 is 2. The van der Waals surface area contributed by atoms with Crippen LogP contribution >= 0.6 is 0 Å². The van der Waals surface area contributed by atoms with E-state index in [9.17, 15) is 14.4 Å². The zero-order valence-corrected chi connectivity index (χ0v) is 19.8. The van der Waals surface area contributed by atoms with Gasteiger partial charge in [0.05, 0.1) is 17.7 Å². The summed E-state index contributed by atoms with van der Waals surface area (Å²) in [5.74, 6) is -0.123. The second kappa shape index (κ2) is 11.8. The van der Waals surface area contributed by atoms with E-state index < -0.39 is 0 Å². The van der Waals surface area contributed by atoms with E-state index in [4.69, 9.17) is 14.2 Å². The number of anilines is 1. The third-order valence-electron chi connectivity index (χ3n) is 5.63. The predicted octanol–water partition coefficient (Wildman–Crippen LogP) is 2.01. The first-order chi connectivity index (χ1) is 15.2. The van der Waals surface area contributed by atoms with Crippen molar-refractivity contribution in [2.45, 2.75) is 39.3 Å². The van der Waals surface area contributed by atoms with Gasteiger partial charge in [0.1, 0.15) is 19.0 Å². The van der Waals surface area contributed by atoms with Gasteiger partial charge in [-0.05, 0) is 25.1 Å². The summed E-state index contributed by atoms with van der Waals surface area (Å²) in [4.78, 5) is 41.2. The van der Waals surface area contributed by atoms with Crippen molar-refractivity contribution in [3.8, 4) is 5.75 Å². The number of amides is 3. The maximum Gasteiger partial charge on any atom is 0.257 e. The number of hydrogen-bond donors (Lipinski definition) is 1. The number of ether oxygens (including phenoxy) is 3. The van der Waals surface area contributed by atoms with E-state index in [1.807, 2.05) is 25.7 Å². The van der Waals surface area contributed by atoms with Crippen molar-refractivity contribution in [2.24, 2.45) is 5.92 Å². The SMILES string of the molecule is CCC(=O)N1C[C@@H](C)[C@H](OC)CN(C)C(=O)c2cc(NC(=O)COC)ccc2OC[C@@H]1C. The number of nitrogens with one attached hydrogen (secondary N) is 1. The molecule has 0 radical (unpaired) electrons. The Kier molecular flexibility index (Phi) is 9.46. The fourth-order valence-electron chi connectivity index (χ4n) is 3.73. The normalized spacial score (nSPS) is 22.3. The lowest BCUT2D eigenvalue weighted by atomic mass is 10.0. The molecular formula is C23H35N3O6. The molecule has 3 amide bonds. The van der Waals surface area contributed by atoms with Crippen LogP contribution in [0.2, 0.25) is 0 Å². The molecule has 9 heteroatoms. The van der Waals surface area contributed by atoms with E-state index in [0.717, 1.165) is 0 Å². The van der Waals surface area contributed by atoms with Gasteiger partial charge in [-0.15, -0.1) is 0 Å². The Balaban J connectivity index is 2.43. The van der Waals surface area contributed by atoms with Crippen molar-refractivity contribution >= 4 is 23.4 Å². The summed E-state index contributed by atoms with van der Waals surface area (Å²) in [5.41, 5.74) is 0.794. The third-order valence-corrected chi connectivity index (χ3v) is 5.63. The Hall–Kier alpha value is -2.65. The van der Waals surface area contributed by atoms with Crippen LogP contribution in [-0.2, 0) is 19.1 Å². The monoisotopic (exact) mass is 449 g/mol. The molecule has 1 aliphatic rings. The van der Waals surface area contributed by atoms with Crippen molar-refractivity contribution in [3.63, 3.8) is 0 Å². The minimum Gasteiger partial charge on any atom is -0.491 e. The van der Waals surface area contributed by atoms with Crippen molar-refractivity contribution in [2.75, 3.05) is 52.9 Å².